The number of carbonyl (C=O) groups excluding carboxylic acids is 4. The highest BCUT2D eigenvalue weighted by Crippen LogP contribution is 2.31. The van der Waals surface area contributed by atoms with Crippen LogP contribution in [0.15, 0.2) is 40.1 Å². The maximum Gasteiger partial charge on any atom is 0.349 e. The summed E-state index contributed by atoms with van der Waals surface area (Å²) in [6.45, 7) is 8.49. The van der Waals surface area contributed by atoms with E-state index in [0.717, 1.165) is 11.3 Å². The van der Waals surface area contributed by atoms with Crippen molar-refractivity contribution in [2.24, 2.45) is 5.41 Å². The molecule has 182 valence electrons. The Balaban J connectivity index is 1.82. The molecule has 1 aliphatic rings. The molecule has 0 saturated carbocycles. The van der Waals surface area contributed by atoms with Crippen molar-refractivity contribution in [1.82, 2.24) is 10.6 Å². The predicted molar refractivity (Wildman–Crippen MR) is 124 cm³/mol. The van der Waals surface area contributed by atoms with Gasteiger partial charge in [0, 0.05) is 5.41 Å². The molecule has 0 aromatic carbocycles. The fourth-order valence-electron chi connectivity index (χ4n) is 3.10. The molecule has 3 heterocycles. The van der Waals surface area contributed by atoms with Crippen molar-refractivity contribution in [2.75, 3.05) is 18.5 Å². The molecule has 2 aromatic heterocycles. The Bertz CT molecular complexity index is 1130. The lowest BCUT2D eigenvalue weighted by atomic mass is 9.96. The smallest absolute Gasteiger partial charge is 0.349 e. The van der Waals surface area contributed by atoms with Crippen LogP contribution in [0.25, 0.3) is 0 Å². The molecule has 1 atom stereocenters. The highest BCUT2D eigenvalue weighted by molar-refractivity contribution is 7.18. The van der Waals surface area contributed by atoms with Crippen LogP contribution >= 0.6 is 11.3 Å². The molecule has 0 bridgehead atoms. The largest absolute Gasteiger partial charge is 0.467 e. The van der Waals surface area contributed by atoms with Crippen LogP contribution in [-0.2, 0) is 19.1 Å². The van der Waals surface area contributed by atoms with Gasteiger partial charge in [-0.25, -0.2) is 14.4 Å². The lowest BCUT2D eigenvalue weighted by molar-refractivity contribution is -0.139. The molecule has 3 N–H and O–H groups in total. The van der Waals surface area contributed by atoms with Gasteiger partial charge in [-0.1, -0.05) is 20.8 Å². The van der Waals surface area contributed by atoms with Crippen LogP contribution in [0.1, 0.15) is 54.7 Å². The number of urea groups is 1. The molecule has 0 fully saturated rings. The van der Waals surface area contributed by atoms with Crippen molar-refractivity contribution >= 4 is 40.2 Å². The molecular formula is C23H27N3O7S. The summed E-state index contributed by atoms with van der Waals surface area (Å²) in [6, 6.07) is 3.44. The monoisotopic (exact) mass is 489 g/mol. The minimum atomic E-state index is -0.904. The van der Waals surface area contributed by atoms with Gasteiger partial charge < -0.3 is 29.8 Å². The third kappa shape index (κ3) is 5.66. The van der Waals surface area contributed by atoms with Gasteiger partial charge in [0.2, 0.25) is 5.91 Å². The number of carbonyl (C=O) groups is 4. The van der Waals surface area contributed by atoms with Gasteiger partial charge in [-0.3, -0.25) is 4.79 Å². The first kappa shape index (κ1) is 25.0. The highest BCUT2D eigenvalue weighted by atomic mass is 32.1. The summed E-state index contributed by atoms with van der Waals surface area (Å²) in [7, 11) is 0. The fourth-order valence-corrected chi connectivity index (χ4v) is 4.06. The molecule has 0 radical (unpaired) electrons. The second-order valence-electron chi connectivity index (χ2n) is 8.56. The highest BCUT2D eigenvalue weighted by Gasteiger charge is 2.36. The zero-order valence-electron chi connectivity index (χ0n) is 19.6. The van der Waals surface area contributed by atoms with Gasteiger partial charge in [0.05, 0.1) is 29.1 Å². The van der Waals surface area contributed by atoms with Crippen molar-refractivity contribution in [2.45, 2.75) is 40.7 Å². The molecule has 34 heavy (non-hydrogen) atoms. The number of esters is 2. The third-order valence-corrected chi connectivity index (χ3v) is 5.98. The van der Waals surface area contributed by atoms with E-state index in [-0.39, 0.29) is 30.4 Å². The Morgan fingerprint density at radius 3 is 2.56 bits per heavy atom. The number of nitrogens with one attached hydrogen (secondary N) is 3. The van der Waals surface area contributed by atoms with Crippen molar-refractivity contribution < 1.29 is 33.1 Å². The van der Waals surface area contributed by atoms with E-state index in [4.69, 9.17) is 13.9 Å². The average Bonchev–Trinajstić information content (AvgIpc) is 3.41. The Kier molecular flexibility index (Phi) is 7.45. The lowest BCUT2D eigenvalue weighted by Gasteiger charge is -2.27. The summed E-state index contributed by atoms with van der Waals surface area (Å²) in [5.74, 6) is -1.19. The van der Waals surface area contributed by atoms with Crippen molar-refractivity contribution in [3.05, 3.63) is 51.9 Å². The van der Waals surface area contributed by atoms with Crippen LogP contribution in [0.2, 0.25) is 0 Å². The summed E-state index contributed by atoms with van der Waals surface area (Å²) >= 11 is 1.08. The van der Waals surface area contributed by atoms with Gasteiger partial charge in [0.15, 0.2) is 0 Å². The molecule has 0 aliphatic carbocycles. The van der Waals surface area contributed by atoms with Crippen LogP contribution < -0.4 is 16.0 Å². The normalized spacial score (nSPS) is 15.9. The average molecular weight is 490 g/mol. The molecule has 0 saturated heterocycles. The van der Waals surface area contributed by atoms with Crippen LogP contribution in [0.4, 0.5) is 9.80 Å². The van der Waals surface area contributed by atoms with Crippen molar-refractivity contribution in [3.63, 3.8) is 0 Å². The van der Waals surface area contributed by atoms with E-state index < -0.39 is 29.4 Å². The molecular weight excluding hydrogens is 462 g/mol. The van der Waals surface area contributed by atoms with E-state index in [1.165, 1.54) is 6.26 Å². The maximum absolute atomic E-state index is 12.8. The number of furan rings is 1. The Morgan fingerprint density at radius 2 is 1.94 bits per heavy atom. The SMILES string of the molecule is CCOC(=O)C1=C(COC(=O)c2sc(NC(=O)C(C)(C)C)cc2C)NC(=O)NC1c1ccco1. The first-order valence-corrected chi connectivity index (χ1v) is 11.4. The number of amides is 3. The third-order valence-electron chi connectivity index (χ3n) is 4.85. The van der Waals surface area contributed by atoms with Crippen LogP contribution in [-0.4, -0.2) is 37.1 Å². The topological polar surface area (TPSA) is 136 Å². The Hall–Kier alpha value is -3.60. The number of rotatable bonds is 7. The fraction of sp³-hybridized carbons (Fsp3) is 0.391. The summed E-state index contributed by atoms with van der Waals surface area (Å²) < 4.78 is 15.9. The molecule has 3 rings (SSSR count). The quantitative estimate of drug-likeness (QED) is 0.505. The summed E-state index contributed by atoms with van der Waals surface area (Å²) in [5, 5.41) is 8.45. The van der Waals surface area contributed by atoms with E-state index in [2.05, 4.69) is 16.0 Å². The number of aryl methyl sites for hydroxylation is 1. The van der Waals surface area contributed by atoms with Crippen molar-refractivity contribution in [1.29, 1.82) is 0 Å². The molecule has 1 aliphatic heterocycles. The van der Waals surface area contributed by atoms with Gasteiger partial charge in [-0.2, -0.15) is 0 Å². The zero-order chi connectivity index (χ0) is 25.0. The molecule has 11 heteroatoms. The van der Waals surface area contributed by atoms with Gasteiger partial charge in [-0.15, -0.1) is 11.3 Å². The minimum Gasteiger partial charge on any atom is -0.467 e. The van der Waals surface area contributed by atoms with Crippen LogP contribution in [0.3, 0.4) is 0 Å². The number of hydrogen-bond acceptors (Lipinski definition) is 8. The lowest BCUT2D eigenvalue weighted by Crippen LogP contribution is -2.47. The maximum atomic E-state index is 12.8. The molecule has 3 amide bonds. The van der Waals surface area contributed by atoms with E-state index in [1.54, 1.807) is 52.8 Å². The first-order chi connectivity index (χ1) is 16.0. The zero-order valence-corrected chi connectivity index (χ0v) is 20.4. The Labute approximate surface area is 200 Å². The van der Waals surface area contributed by atoms with Gasteiger partial charge >= 0.3 is 18.0 Å². The van der Waals surface area contributed by atoms with Crippen molar-refractivity contribution in [3.8, 4) is 0 Å². The number of ether oxygens (including phenoxy) is 2. The Morgan fingerprint density at radius 1 is 1.21 bits per heavy atom. The van der Waals surface area contributed by atoms with E-state index in [9.17, 15) is 19.2 Å². The minimum absolute atomic E-state index is 0.0743. The number of hydrogen-bond donors (Lipinski definition) is 3. The van der Waals surface area contributed by atoms with E-state index in [0.29, 0.717) is 21.2 Å². The van der Waals surface area contributed by atoms with Crippen LogP contribution in [0, 0.1) is 12.3 Å². The van der Waals surface area contributed by atoms with E-state index >= 15 is 0 Å². The summed E-state index contributed by atoms with van der Waals surface area (Å²) in [5.41, 5.74) is 0.200. The number of thiophene rings is 1. The molecule has 2 aromatic rings. The van der Waals surface area contributed by atoms with Gasteiger partial charge in [0.1, 0.15) is 23.3 Å². The van der Waals surface area contributed by atoms with Gasteiger partial charge in [0.25, 0.3) is 0 Å². The molecule has 10 nitrogen and oxygen atoms in total. The predicted octanol–water partition coefficient (Wildman–Crippen LogP) is 3.66. The summed E-state index contributed by atoms with van der Waals surface area (Å²) in [4.78, 5) is 50.2. The van der Waals surface area contributed by atoms with Gasteiger partial charge in [-0.05, 0) is 37.6 Å². The second-order valence-corrected chi connectivity index (χ2v) is 9.61. The standard InChI is InChI=1S/C23H27N3O7S/c1-6-31-19(27)16-13(24-22(30)26-17(16)14-8-7-9-32-14)11-33-20(28)18-12(2)10-15(34-18)25-21(29)23(3,4)5/h7-10,17H,6,11H2,1-5H3,(H,25,29)(H2,24,26,30). The molecule has 1 unspecified atom stereocenters. The number of anilines is 1. The van der Waals surface area contributed by atoms with Crippen LogP contribution in [0.5, 0.6) is 0 Å². The van der Waals surface area contributed by atoms with E-state index in [1.807, 2.05) is 0 Å². The molecule has 0 spiro atoms. The second kappa shape index (κ2) is 10.1. The summed E-state index contributed by atoms with van der Waals surface area (Å²) in [6.07, 6.45) is 1.42. The first-order valence-electron chi connectivity index (χ1n) is 10.6.